The summed E-state index contributed by atoms with van der Waals surface area (Å²) in [5.74, 6) is -1.21. The Kier molecular flexibility index (Phi) is 13.8. The highest BCUT2D eigenvalue weighted by molar-refractivity contribution is 9.10. The maximum absolute atomic E-state index is 11.6. The van der Waals surface area contributed by atoms with Crippen molar-refractivity contribution in [3.05, 3.63) is 68.6 Å². The van der Waals surface area contributed by atoms with Gasteiger partial charge in [-0.2, -0.15) is 0 Å². The molecule has 5 nitrogen and oxygen atoms in total. The lowest BCUT2D eigenvalue weighted by Gasteiger charge is -2.19. The summed E-state index contributed by atoms with van der Waals surface area (Å²) in [6.45, 7) is 10.8. The molecular formula is C24H30Br2O5. The topological polar surface area (TPSA) is 83.8 Å². The number of aromatic carboxylic acids is 1. The van der Waals surface area contributed by atoms with Gasteiger partial charge in [0.2, 0.25) is 0 Å². The van der Waals surface area contributed by atoms with Crippen molar-refractivity contribution in [3.8, 4) is 12.8 Å². The molecule has 2 N–H and O–H groups in total. The molecular weight excluding hydrogens is 528 g/mol. The minimum absolute atomic E-state index is 0.294. The van der Waals surface area contributed by atoms with E-state index >= 15 is 0 Å². The Morgan fingerprint density at radius 2 is 1.23 bits per heavy atom. The molecule has 0 saturated carbocycles. The first-order valence-corrected chi connectivity index (χ1v) is 10.7. The van der Waals surface area contributed by atoms with E-state index in [-0.39, 0.29) is 5.97 Å². The fourth-order valence-electron chi connectivity index (χ4n) is 1.59. The number of esters is 1. The molecule has 0 aliphatic heterocycles. The molecule has 0 aliphatic carbocycles. The molecule has 0 aliphatic rings. The van der Waals surface area contributed by atoms with Crippen molar-refractivity contribution in [2.45, 2.75) is 52.7 Å². The third-order valence-corrected chi connectivity index (χ3v) is 3.98. The number of hydrogen-bond acceptors (Lipinski definition) is 4. The summed E-state index contributed by atoms with van der Waals surface area (Å²) in [5, 5.41) is 17.1. The van der Waals surface area contributed by atoms with Crippen LogP contribution in [0.3, 0.4) is 0 Å². The van der Waals surface area contributed by atoms with E-state index in [1.165, 1.54) is 6.40 Å². The molecule has 170 valence electrons. The Hall–Kier alpha value is -2.14. The van der Waals surface area contributed by atoms with E-state index in [0.29, 0.717) is 15.6 Å². The normalized spacial score (nSPS) is 10.3. The second-order valence-electron chi connectivity index (χ2n) is 7.94. The third kappa shape index (κ3) is 17.3. The van der Waals surface area contributed by atoms with E-state index in [1.54, 1.807) is 51.1 Å². The van der Waals surface area contributed by atoms with Crippen molar-refractivity contribution < 1.29 is 25.9 Å². The van der Waals surface area contributed by atoms with Gasteiger partial charge in [-0.25, -0.2) is 9.59 Å². The standard InChI is InChI=1S/C11H13BrO2.C7H5BrO2.C4H10O.C2H2/c1-11(2,3)14-10(13)8-6-4-5-7-9(8)12;8-6-4-2-1-3-5(6)7(9)10;1-4(2,3)5;1-2/h4-7H,1-3H3;1-4H,(H,9,10);5H,1-3H3;1-2H/i;;;1D. The molecule has 0 spiro atoms. The highest BCUT2D eigenvalue weighted by Gasteiger charge is 2.19. The fraction of sp³-hybridized carbons (Fsp3) is 0.333. The van der Waals surface area contributed by atoms with Crippen LogP contribution < -0.4 is 0 Å². The number of terminal acetylenes is 1. The molecule has 2 aromatic rings. The van der Waals surface area contributed by atoms with Crippen molar-refractivity contribution in [1.29, 1.82) is 0 Å². The highest BCUT2D eigenvalue weighted by atomic mass is 79.9. The van der Waals surface area contributed by atoms with Gasteiger partial charge in [-0.05, 0) is 97.7 Å². The van der Waals surface area contributed by atoms with Crippen LogP contribution in [-0.4, -0.2) is 33.4 Å². The average molecular weight is 559 g/mol. The molecule has 0 unspecified atom stereocenters. The van der Waals surface area contributed by atoms with Gasteiger partial charge in [-0.15, -0.1) is 12.8 Å². The predicted molar refractivity (Wildman–Crippen MR) is 132 cm³/mol. The SMILES string of the molecule is CC(C)(C)O.CC(C)(C)OC(=O)c1ccccc1Br.O=C(O)c1ccccc1Br.[2H]C#C. The van der Waals surface area contributed by atoms with Crippen LogP contribution in [0.15, 0.2) is 57.5 Å². The molecule has 2 rings (SSSR count). The van der Waals surface area contributed by atoms with Crippen LogP contribution in [0.1, 0.15) is 63.6 Å². The summed E-state index contributed by atoms with van der Waals surface area (Å²) in [6.07, 6.45) is 5.76. The molecule has 0 heterocycles. The number of carboxylic acids is 1. The van der Waals surface area contributed by atoms with Crippen LogP contribution in [-0.2, 0) is 4.74 Å². The lowest BCUT2D eigenvalue weighted by Crippen LogP contribution is -2.24. The number of carbonyl (C=O) groups is 2. The van der Waals surface area contributed by atoms with Gasteiger partial charge in [0.05, 0.1) is 16.7 Å². The van der Waals surface area contributed by atoms with Gasteiger partial charge in [0, 0.05) is 8.95 Å². The smallest absolute Gasteiger partial charge is 0.339 e. The maximum atomic E-state index is 11.6. The third-order valence-electron chi connectivity index (χ3n) is 2.60. The zero-order valence-corrected chi connectivity index (χ0v) is 21.7. The molecule has 0 fully saturated rings. The molecule has 31 heavy (non-hydrogen) atoms. The van der Waals surface area contributed by atoms with Gasteiger partial charge in [0.25, 0.3) is 0 Å². The Morgan fingerprint density at radius 3 is 1.48 bits per heavy atom. The minimum atomic E-state index is -0.910. The van der Waals surface area contributed by atoms with Gasteiger partial charge >= 0.3 is 11.9 Å². The monoisotopic (exact) mass is 557 g/mol. The van der Waals surface area contributed by atoms with E-state index < -0.39 is 17.2 Å². The first-order valence-electron chi connectivity index (χ1n) is 9.59. The quantitative estimate of drug-likeness (QED) is 0.321. The van der Waals surface area contributed by atoms with Crippen LogP contribution in [0, 0.1) is 12.8 Å². The van der Waals surface area contributed by atoms with Gasteiger partial charge in [0.1, 0.15) is 6.97 Å². The average Bonchev–Trinajstić information content (AvgIpc) is 2.60. The van der Waals surface area contributed by atoms with E-state index in [9.17, 15) is 9.59 Å². The summed E-state index contributed by atoms with van der Waals surface area (Å²) in [5.41, 5.74) is -0.100. The predicted octanol–water partition coefficient (Wildman–Crippen LogP) is 6.58. The molecule has 0 atom stereocenters. The molecule has 0 saturated heterocycles. The van der Waals surface area contributed by atoms with Crippen molar-refractivity contribution in [2.75, 3.05) is 0 Å². The number of ether oxygens (including phenoxy) is 1. The zero-order valence-electron chi connectivity index (χ0n) is 19.6. The van der Waals surface area contributed by atoms with E-state index in [1.807, 2.05) is 39.0 Å². The first-order chi connectivity index (χ1) is 14.5. The van der Waals surface area contributed by atoms with Crippen molar-refractivity contribution in [1.82, 2.24) is 0 Å². The summed E-state index contributed by atoms with van der Waals surface area (Å²) in [7, 11) is 0. The Bertz CT molecular complexity index is 888. The molecule has 0 bridgehead atoms. The lowest BCUT2D eigenvalue weighted by molar-refractivity contribution is 0.00681. The minimum Gasteiger partial charge on any atom is -0.478 e. The second-order valence-corrected chi connectivity index (χ2v) is 9.65. The van der Waals surface area contributed by atoms with Gasteiger partial charge < -0.3 is 14.9 Å². The van der Waals surface area contributed by atoms with Crippen LogP contribution in [0.4, 0.5) is 0 Å². The number of rotatable bonds is 2. The number of halogens is 2. The summed E-state index contributed by atoms with van der Waals surface area (Å²) in [4.78, 5) is 22.0. The number of carbonyl (C=O) groups excluding carboxylic acids is 1. The van der Waals surface area contributed by atoms with Crippen molar-refractivity contribution in [3.63, 3.8) is 0 Å². The number of hydrogen-bond donors (Lipinski definition) is 2. The summed E-state index contributed by atoms with van der Waals surface area (Å²) in [6, 6.07) is 13.9. The van der Waals surface area contributed by atoms with E-state index in [2.05, 4.69) is 38.3 Å². The number of carboxylic acid groups (broad SMARTS) is 1. The fourth-order valence-corrected chi connectivity index (χ4v) is 2.50. The maximum Gasteiger partial charge on any atom is 0.339 e. The number of benzene rings is 2. The van der Waals surface area contributed by atoms with Gasteiger partial charge in [0.15, 0.2) is 0 Å². The van der Waals surface area contributed by atoms with Crippen LogP contribution >= 0.6 is 31.9 Å². The van der Waals surface area contributed by atoms with Gasteiger partial charge in [-0.3, -0.25) is 0 Å². The Morgan fingerprint density at radius 1 is 0.903 bits per heavy atom. The molecule has 7 heteroatoms. The van der Waals surface area contributed by atoms with Crippen molar-refractivity contribution >= 4 is 43.8 Å². The van der Waals surface area contributed by atoms with Crippen LogP contribution in [0.25, 0.3) is 0 Å². The van der Waals surface area contributed by atoms with E-state index in [4.69, 9.17) is 16.3 Å². The zero-order chi connectivity index (χ0) is 25.5. The lowest BCUT2D eigenvalue weighted by atomic mass is 10.2. The first kappa shape index (κ1) is 28.9. The van der Waals surface area contributed by atoms with Crippen LogP contribution in [0.2, 0.25) is 0 Å². The molecule has 0 aromatic heterocycles. The summed E-state index contributed by atoms with van der Waals surface area (Å²) < 4.78 is 12.3. The second kappa shape index (κ2) is 14.8. The largest absolute Gasteiger partial charge is 0.478 e. The number of aliphatic hydroxyl groups is 1. The Labute approximate surface area is 203 Å². The Balaban J connectivity index is 0. The highest BCUT2D eigenvalue weighted by Crippen LogP contribution is 2.19. The molecule has 2 aromatic carbocycles. The molecule has 0 amide bonds. The molecule has 0 radical (unpaired) electrons. The van der Waals surface area contributed by atoms with Crippen molar-refractivity contribution in [2.24, 2.45) is 0 Å². The van der Waals surface area contributed by atoms with E-state index in [0.717, 1.165) is 4.47 Å². The van der Waals surface area contributed by atoms with Gasteiger partial charge in [-0.1, -0.05) is 24.3 Å². The van der Waals surface area contributed by atoms with Crippen LogP contribution in [0.5, 0.6) is 0 Å². The summed E-state index contributed by atoms with van der Waals surface area (Å²) >= 11 is 6.42.